The summed E-state index contributed by atoms with van der Waals surface area (Å²) in [6.07, 6.45) is 1.56. The molecule has 1 heterocycles. The van der Waals surface area contributed by atoms with Gasteiger partial charge in [-0.3, -0.25) is 0 Å². The van der Waals surface area contributed by atoms with Gasteiger partial charge in [0.25, 0.3) is 0 Å². The van der Waals surface area contributed by atoms with Crippen molar-refractivity contribution in [2.75, 3.05) is 0 Å². The van der Waals surface area contributed by atoms with Crippen molar-refractivity contribution in [1.29, 1.82) is 0 Å². The first-order valence-electron chi connectivity index (χ1n) is 1.53. The standard InChI is InChI=1S/C3H3NOTe/c5-4-2-1-3-6-4/h1-3H. The van der Waals surface area contributed by atoms with Gasteiger partial charge in [0.05, 0.1) is 0 Å². The van der Waals surface area contributed by atoms with Crippen LogP contribution in [0, 0.1) is 5.21 Å². The van der Waals surface area contributed by atoms with Gasteiger partial charge < -0.3 is 0 Å². The zero-order chi connectivity index (χ0) is 4.41. The average Bonchev–Trinajstić information content (AvgIpc) is 1.86. The molecule has 1 aromatic heterocycles. The Morgan fingerprint density at radius 3 is 2.67 bits per heavy atom. The van der Waals surface area contributed by atoms with E-state index >= 15 is 0 Å². The van der Waals surface area contributed by atoms with Crippen LogP contribution in [0.5, 0.6) is 0 Å². The van der Waals surface area contributed by atoms with Crippen LogP contribution < -0.4 is 2.95 Å². The molecule has 0 spiro atoms. The van der Waals surface area contributed by atoms with Crippen molar-refractivity contribution in [2.45, 2.75) is 0 Å². The molecule has 0 fully saturated rings. The molecule has 0 saturated carbocycles. The molecule has 0 unspecified atom stereocenters. The van der Waals surface area contributed by atoms with E-state index in [1.165, 1.54) is 0 Å². The molecule has 0 aliphatic heterocycles. The van der Waals surface area contributed by atoms with Crippen LogP contribution in [0.2, 0.25) is 0 Å². The third-order valence-corrected chi connectivity index (χ3v) is 2.19. The Bertz CT molecular complexity index is 114. The van der Waals surface area contributed by atoms with Gasteiger partial charge in [-0.1, -0.05) is 0 Å². The summed E-state index contributed by atoms with van der Waals surface area (Å²) in [5.74, 6) is 0. The zero-order valence-corrected chi connectivity index (χ0v) is 5.33. The summed E-state index contributed by atoms with van der Waals surface area (Å²) in [5.41, 5.74) is 0. The summed E-state index contributed by atoms with van der Waals surface area (Å²) in [4.78, 5) is 0. The molecule has 0 aromatic carbocycles. The quantitative estimate of drug-likeness (QED) is 0.401. The van der Waals surface area contributed by atoms with Crippen LogP contribution in [-0.4, -0.2) is 20.7 Å². The van der Waals surface area contributed by atoms with Crippen LogP contribution >= 0.6 is 0 Å². The summed E-state index contributed by atoms with van der Waals surface area (Å²) >= 11 is -0.426. The summed E-state index contributed by atoms with van der Waals surface area (Å²) in [7, 11) is 0. The van der Waals surface area contributed by atoms with E-state index in [4.69, 9.17) is 0 Å². The predicted molar refractivity (Wildman–Crippen MR) is 22.3 cm³/mol. The van der Waals surface area contributed by atoms with Crippen LogP contribution in [0.4, 0.5) is 0 Å². The SMILES string of the molecule is [O-][n+]1ccc[te]1. The molecule has 0 radical (unpaired) electrons. The van der Waals surface area contributed by atoms with Gasteiger partial charge in [0.1, 0.15) is 0 Å². The van der Waals surface area contributed by atoms with Crippen molar-refractivity contribution in [3.8, 4) is 0 Å². The number of nitrogens with zero attached hydrogens (tertiary/aromatic N) is 1. The Kier molecular flexibility index (Phi) is 1.13. The molecule has 0 bridgehead atoms. The molecule has 1 aromatic rings. The van der Waals surface area contributed by atoms with E-state index in [2.05, 4.69) is 0 Å². The van der Waals surface area contributed by atoms with Gasteiger partial charge in [0, 0.05) is 0 Å². The summed E-state index contributed by atoms with van der Waals surface area (Å²) in [6.45, 7) is 0. The maximum absolute atomic E-state index is 10.1. The Morgan fingerprint density at radius 2 is 2.50 bits per heavy atom. The van der Waals surface area contributed by atoms with E-state index in [9.17, 15) is 5.21 Å². The molecule has 1 rings (SSSR count). The van der Waals surface area contributed by atoms with Gasteiger partial charge in [0.2, 0.25) is 0 Å². The van der Waals surface area contributed by atoms with E-state index in [1.54, 1.807) is 12.3 Å². The topological polar surface area (TPSA) is 26.9 Å². The van der Waals surface area contributed by atoms with Gasteiger partial charge in [-0.15, -0.1) is 0 Å². The predicted octanol–water partition coefficient (Wildman–Crippen LogP) is -0.623. The Balaban J connectivity index is 3.05. The van der Waals surface area contributed by atoms with E-state index < -0.39 is 20.7 Å². The molecule has 32 valence electrons. The molecule has 3 heteroatoms. The van der Waals surface area contributed by atoms with Gasteiger partial charge >= 0.3 is 45.2 Å². The van der Waals surface area contributed by atoms with E-state index in [1.807, 2.05) is 4.08 Å². The van der Waals surface area contributed by atoms with E-state index in [0.717, 1.165) is 2.95 Å². The van der Waals surface area contributed by atoms with Crippen LogP contribution in [0.25, 0.3) is 0 Å². The summed E-state index contributed by atoms with van der Waals surface area (Å²) < 4.78 is 2.95. The number of aromatic nitrogens is 1. The Labute approximate surface area is 45.6 Å². The minimum atomic E-state index is -0.426. The third-order valence-electron chi connectivity index (χ3n) is 0.451. The number of hydrogen-bond acceptors (Lipinski definition) is 1. The second-order valence-corrected chi connectivity index (χ2v) is 3.27. The molecular weight excluding hydrogens is 194 g/mol. The van der Waals surface area contributed by atoms with Crippen LogP contribution in [0.1, 0.15) is 0 Å². The number of hydrogen-bond donors (Lipinski definition) is 0. The maximum atomic E-state index is 10.1. The second kappa shape index (κ2) is 1.63. The number of rotatable bonds is 0. The molecule has 6 heavy (non-hydrogen) atoms. The molecule has 0 atom stereocenters. The van der Waals surface area contributed by atoms with Crippen molar-refractivity contribution in [1.82, 2.24) is 0 Å². The summed E-state index contributed by atoms with van der Waals surface area (Å²) in [6, 6.07) is 1.80. The fourth-order valence-corrected chi connectivity index (χ4v) is 1.38. The monoisotopic (exact) mass is 199 g/mol. The van der Waals surface area contributed by atoms with Crippen LogP contribution in [0.3, 0.4) is 0 Å². The van der Waals surface area contributed by atoms with Crippen molar-refractivity contribution in [3.63, 3.8) is 0 Å². The normalized spacial score (nSPS) is 8.67. The Hall–Kier alpha value is -0.000390. The van der Waals surface area contributed by atoms with Gasteiger partial charge in [0.15, 0.2) is 0 Å². The molecule has 0 N–H and O–H groups in total. The van der Waals surface area contributed by atoms with Crippen molar-refractivity contribution in [2.24, 2.45) is 0 Å². The fourth-order valence-electron chi connectivity index (χ4n) is 0.236. The molecule has 0 aliphatic rings. The zero-order valence-electron chi connectivity index (χ0n) is 3.00. The molecular formula is C3H3NOTe. The van der Waals surface area contributed by atoms with Crippen molar-refractivity contribution in [3.05, 3.63) is 21.6 Å². The van der Waals surface area contributed by atoms with E-state index in [-0.39, 0.29) is 0 Å². The Morgan fingerprint density at radius 1 is 1.67 bits per heavy atom. The second-order valence-electron chi connectivity index (χ2n) is 0.868. The fraction of sp³-hybridized carbons (Fsp3) is 0. The third kappa shape index (κ3) is 0.735. The minimum absolute atomic E-state index is 0.426. The van der Waals surface area contributed by atoms with Gasteiger partial charge in [-0.2, -0.15) is 0 Å². The van der Waals surface area contributed by atoms with Gasteiger partial charge in [-0.25, -0.2) is 0 Å². The molecule has 2 nitrogen and oxygen atoms in total. The summed E-state index contributed by atoms with van der Waals surface area (Å²) in [5, 5.41) is 10.1. The molecule has 0 aliphatic carbocycles. The first kappa shape index (κ1) is 4.17. The first-order chi connectivity index (χ1) is 2.89. The van der Waals surface area contributed by atoms with E-state index in [0.29, 0.717) is 0 Å². The average molecular weight is 197 g/mol. The van der Waals surface area contributed by atoms with Crippen LogP contribution in [0.15, 0.2) is 16.3 Å². The van der Waals surface area contributed by atoms with Gasteiger partial charge in [-0.05, 0) is 0 Å². The molecule has 0 amide bonds. The van der Waals surface area contributed by atoms with Crippen molar-refractivity contribution >= 4 is 20.7 Å². The van der Waals surface area contributed by atoms with Crippen LogP contribution in [-0.2, 0) is 0 Å². The first-order valence-corrected chi connectivity index (χ1v) is 3.91. The molecule has 0 saturated heterocycles. The van der Waals surface area contributed by atoms with Crippen molar-refractivity contribution < 1.29 is 2.95 Å².